The molecule has 0 spiro atoms. The van der Waals surface area contributed by atoms with E-state index in [0.29, 0.717) is 0 Å². The van der Waals surface area contributed by atoms with Crippen molar-refractivity contribution in [3.63, 3.8) is 0 Å². The predicted molar refractivity (Wildman–Crippen MR) is 48.6 cm³/mol. The molecule has 2 atom stereocenters. The van der Waals surface area contributed by atoms with Gasteiger partial charge < -0.3 is 24.4 Å². The molecule has 7 nitrogen and oxygen atoms in total. The maximum absolute atomic E-state index is 9.00. The summed E-state index contributed by atoms with van der Waals surface area (Å²) in [6.07, 6.45) is 0. The van der Waals surface area contributed by atoms with Gasteiger partial charge in [-0.25, -0.2) is 8.42 Å². The standard InChI is InChI=1S/Mg.H3N.2H2O3S2/c;;2*1-5(2,3)4/h;1H3;2*(H2,1,2,3,4)/q+2;;;/p-2. The van der Waals surface area contributed by atoms with Crippen LogP contribution < -0.4 is 6.15 Å². The zero-order chi connectivity index (χ0) is 9.00. The number of hydrogen-bond donors (Lipinski definition) is 3. The maximum Gasteiger partial charge on any atom is 2.00 e. The van der Waals surface area contributed by atoms with Crippen molar-refractivity contribution in [2.75, 3.05) is 0 Å². The topological polar surface area (TPSA) is 156 Å². The summed E-state index contributed by atoms with van der Waals surface area (Å²) in [4.78, 5) is 0. The molecule has 2 unspecified atom stereocenters. The molecule has 0 aliphatic carbocycles. The van der Waals surface area contributed by atoms with E-state index < -0.39 is 18.1 Å². The van der Waals surface area contributed by atoms with Gasteiger partial charge in [0.2, 0.25) is 0 Å². The molecule has 5 N–H and O–H groups in total. The van der Waals surface area contributed by atoms with Crippen LogP contribution in [0.2, 0.25) is 0 Å². The maximum atomic E-state index is 9.00. The molecule has 0 radical (unpaired) electrons. The average molecular weight is 268 g/mol. The molecular formula is H5MgNO6S4. The largest absolute Gasteiger partial charge is 2.00 e. The van der Waals surface area contributed by atoms with Crippen molar-refractivity contribution in [3.8, 4) is 0 Å². The van der Waals surface area contributed by atoms with Gasteiger partial charge in [-0.2, -0.15) is 0 Å². The van der Waals surface area contributed by atoms with Gasteiger partial charge in [0.1, 0.15) is 0 Å². The van der Waals surface area contributed by atoms with Gasteiger partial charge in [-0.1, -0.05) is 0 Å². The fourth-order valence-electron chi connectivity index (χ4n) is 0. The Hall–Kier alpha value is 1.31. The quantitative estimate of drug-likeness (QED) is 0.442. The molecule has 0 bridgehead atoms. The molecule has 0 rings (SSSR count). The van der Waals surface area contributed by atoms with Crippen molar-refractivity contribution in [1.82, 2.24) is 6.15 Å². The van der Waals surface area contributed by atoms with Crippen LogP contribution in [0.5, 0.6) is 0 Å². The van der Waals surface area contributed by atoms with Crippen molar-refractivity contribution < 1.29 is 26.6 Å². The number of hydrogen-bond acceptors (Lipinski definition) is 7. The van der Waals surface area contributed by atoms with Crippen molar-refractivity contribution in [3.05, 3.63) is 0 Å². The summed E-state index contributed by atoms with van der Waals surface area (Å²) in [5.74, 6) is 0. The van der Waals surface area contributed by atoms with Gasteiger partial charge in [0.15, 0.2) is 0 Å². The van der Waals surface area contributed by atoms with Crippen LogP contribution in [0.1, 0.15) is 0 Å². The smallest absolute Gasteiger partial charge is 0.748 e. The predicted octanol–water partition coefficient (Wildman–Crippen LogP) is -1.55. The first kappa shape index (κ1) is 23.3. The van der Waals surface area contributed by atoms with E-state index in [0.717, 1.165) is 0 Å². The van der Waals surface area contributed by atoms with Crippen LogP contribution in [0, 0.1) is 0 Å². The third-order valence-electron chi connectivity index (χ3n) is 0. The Balaban J connectivity index is -0.0000000457. The summed E-state index contributed by atoms with van der Waals surface area (Å²) < 4.78 is 50.6. The second-order valence-corrected chi connectivity index (χ2v) is 5.09. The van der Waals surface area contributed by atoms with E-state index in [2.05, 4.69) is 22.4 Å². The molecule has 0 heterocycles. The van der Waals surface area contributed by atoms with Crippen LogP contribution >= 0.6 is 0 Å². The SMILES string of the molecule is N.O=S([O-])(O)=S.O=S([O-])(O)=S.[Mg+2]. The molecule has 0 saturated heterocycles. The molecule has 12 heavy (non-hydrogen) atoms. The first-order valence-electron chi connectivity index (χ1n) is 1.37. The minimum absolute atomic E-state index is 0. The summed E-state index contributed by atoms with van der Waals surface area (Å²) in [5.41, 5.74) is 0. The Labute approximate surface area is 95.7 Å². The second-order valence-electron chi connectivity index (χ2n) is 0.855. The molecule has 12 heteroatoms. The molecule has 0 aliphatic heterocycles. The van der Waals surface area contributed by atoms with Crippen molar-refractivity contribution >= 4 is 63.5 Å². The summed E-state index contributed by atoms with van der Waals surface area (Å²) in [7, 11) is -8.17. The molecule has 0 aromatic carbocycles. The van der Waals surface area contributed by atoms with Gasteiger partial charge in [-0.3, -0.25) is 0 Å². The third kappa shape index (κ3) is 704. The minimum atomic E-state index is -4.08. The zero-order valence-electron chi connectivity index (χ0n) is 5.57. The Kier molecular flexibility index (Phi) is 17.2. The molecule has 0 amide bonds. The van der Waals surface area contributed by atoms with Gasteiger partial charge in [0.05, 0.1) is 18.1 Å². The van der Waals surface area contributed by atoms with Crippen molar-refractivity contribution in [2.24, 2.45) is 0 Å². The van der Waals surface area contributed by atoms with Crippen molar-refractivity contribution in [2.45, 2.75) is 0 Å². The minimum Gasteiger partial charge on any atom is -0.748 e. The molecule has 0 aliphatic rings. The van der Waals surface area contributed by atoms with E-state index >= 15 is 0 Å². The van der Waals surface area contributed by atoms with E-state index in [-0.39, 0.29) is 29.2 Å². The van der Waals surface area contributed by atoms with E-state index in [4.69, 9.17) is 26.6 Å². The van der Waals surface area contributed by atoms with Crippen LogP contribution in [-0.2, 0) is 40.5 Å². The summed E-state index contributed by atoms with van der Waals surface area (Å²) in [6, 6.07) is 0. The first-order chi connectivity index (χ1) is 4.00. The van der Waals surface area contributed by atoms with Crippen LogP contribution in [-0.4, -0.2) is 49.7 Å². The van der Waals surface area contributed by atoms with Crippen LogP contribution in [0.4, 0.5) is 0 Å². The molecule has 0 fully saturated rings. The van der Waals surface area contributed by atoms with E-state index in [1.165, 1.54) is 0 Å². The Morgan fingerprint density at radius 1 is 1.00 bits per heavy atom. The first-order valence-corrected chi connectivity index (χ1v) is 6.10. The fraction of sp³-hybridized carbons (Fsp3) is 0. The average Bonchev–Trinajstić information content (AvgIpc) is 1.12. The summed E-state index contributed by atoms with van der Waals surface area (Å²) in [5, 5.41) is 0. The molecular weight excluding hydrogens is 263 g/mol. The molecule has 72 valence electrons. The molecule has 0 aromatic heterocycles. The van der Waals surface area contributed by atoms with Gasteiger partial charge in [0.25, 0.3) is 0 Å². The van der Waals surface area contributed by atoms with Gasteiger partial charge in [0, 0.05) is 0 Å². The van der Waals surface area contributed by atoms with Crippen LogP contribution in [0.3, 0.4) is 0 Å². The monoisotopic (exact) mass is 267 g/mol. The van der Waals surface area contributed by atoms with Crippen molar-refractivity contribution in [1.29, 1.82) is 0 Å². The molecule has 0 saturated carbocycles. The number of rotatable bonds is 0. The normalized spacial score (nSPS) is 17.7. The fourth-order valence-corrected chi connectivity index (χ4v) is 0. The van der Waals surface area contributed by atoms with Gasteiger partial charge >= 0.3 is 23.1 Å². The zero-order valence-corrected chi connectivity index (χ0v) is 10.3. The van der Waals surface area contributed by atoms with E-state index in [9.17, 15) is 0 Å². The van der Waals surface area contributed by atoms with Gasteiger partial charge in [-0.15, -0.1) is 0 Å². The van der Waals surface area contributed by atoms with E-state index in [1.54, 1.807) is 0 Å². The summed E-state index contributed by atoms with van der Waals surface area (Å²) in [6.45, 7) is 0. The Morgan fingerprint density at radius 3 is 1.00 bits per heavy atom. The van der Waals surface area contributed by atoms with E-state index in [1.807, 2.05) is 0 Å². The second kappa shape index (κ2) is 8.88. The van der Waals surface area contributed by atoms with Crippen LogP contribution in [0.15, 0.2) is 0 Å². The summed E-state index contributed by atoms with van der Waals surface area (Å²) >= 11 is 6.71. The Bertz CT molecular complexity index is 216. The third-order valence-corrected chi connectivity index (χ3v) is 0. The van der Waals surface area contributed by atoms with Gasteiger partial charge in [-0.05, 0) is 22.4 Å². The Morgan fingerprint density at radius 2 is 1.00 bits per heavy atom. The molecule has 0 aromatic rings. The van der Waals surface area contributed by atoms with Crippen LogP contribution in [0.25, 0.3) is 0 Å².